The second-order valence-electron chi connectivity index (χ2n) is 6.41. The topological polar surface area (TPSA) is 149 Å². The van der Waals surface area contributed by atoms with E-state index in [1.165, 1.54) is 0 Å². The maximum atomic E-state index is 13.7. The summed E-state index contributed by atoms with van der Waals surface area (Å²) in [5.74, 6) is -9.08. The van der Waals surface area contributed by atoms with Crippen LogP contribution in [0.1, 0.15) is 52.6 Å². The van der Waals surface area contributed by atoms with Gasteiger partial charge in [-0.2, -0.15) is 26.3 Å². The molecule has 0 bridgehead atoms. The number of alkyl halides is 6. The Labute approximate surface area is 169 Å². The second-order valence-corrected chi connectivity index (χ2v) is 6.41. The summed E-state index contributed by atoms with van der Waals surface area (Å²) in [5, 5.41) is 32.2. The summed E-state index contributed by atoms with van der Waals surface area (Å²) >= 11 is 0. The molecule has 0 unspecified atom stereocenters. The number of rotatable bonds is 4. The average Bonchev–Trinajstić information content (AvgIpc) is 2.60. The lowest BCUT2D eigenvalue weighted by Crippen LogP contribution is -2.24. The molecule has 0 spiro atoms. The van der Waals surface area contributed by atoms with Gasteiger partial charge in [0.05, 0.1) is 33.4 Å². The molecule has 8 nitrogen and oxygen atoms in total. The standard InChI is InChI=1S/C18H6F6O8/c19-17(20,21)11-7-3(1-5(13(25)26)9(11)15(29)30)8-4(7)2-6(14(27)28)10(16(31)32)12(8)18(22,23)24/h1-2H,(H,25,26)(H,27,28)(H,29,30)(H,31,32). The van der Waals surface area contributed by atoms with E-state index < -0.39 is 90.5 Å². The van der Waals surface area contributed by atoms with Crippen molar-refractivity contribution in [3.8, 4) is 0 Å². The van der Waals surface area contributed by atoms with Crippen LogP contribution in [0.2, 0.25) is 0 Å². The lowest BCUT2D eigenvalue weighted by Gasteiger charge is -2.21. The maximum absolute atomic E-state index is 13.7. The largest absolute Gasteiger partial charge is 0.478 e. The quantitative estimate of drug-likeness (QED) is 0.430. The normalized spacial score (nSPS) is 12.4. The Morgan fingerprint density at radius 2 is 0.844 bits per heavy atom. The summed E-state index contributed by atoms with van der Waals surface area (Å²) in [4.78, 5) is 45.6. The molecule has 0 atom stereocenters. The van der Waals surface area contributed by atoms with Crippen LogP contribution in [0, 0.1) is 20.9 Å². The number of aromatic carboxylic acids is 4. The minimum absolute atomic E-state index is 0.250. The number of benzene rings is 2. The monoisotopic (exact) mass is 464 g/mol. The SMILES string of the molecule is O=C(O)c1cc2c(c(C(F)(F)F)c1C(=O)O)=c1cc(C(=O)O)c(C(=O)O)c(C(F)(F)F)c1=2. The van der Waals surface area contributed by atoms with E-state index in [9.17, 15) is 55.7 Å². The maximum Gasteiger partial charge on any atom is 0.417 e. The van der Waals surface area contributed by atoms with Crippen molar-refractivity contribution in [1.29, 1.82) is 0 Å². The van der Waals surface area contributed by atoms with Gasteiger partial charge in [0, 0.05) is 10.4 Å². The van der Waals surface area contributed by atoms with Gasteiger partial charge >= 0.3 is 36.2 Å². The van der Waals surface area contributed by atoms with Gasteiger partial charge in [-0.15, -0.1) is 0 Å². The van der Waals surface area contributed by atoms with E-state index in [2.05, 4.69) is 0 Å². The molecule has 168 valence electrons. The minimum Gasteiger partial charge on any atom is -0.478 e. The fourth-order valence-corrected chi connectivity index (χ4v) is 3.61. The highest BCUT2D eigenvalue weighted by Crippen LogP contribution is 2.41. The lowest BCUT2D eigenvalue weighted by molar-refractivity contribution is -0.139. The van der Waals surface area contributed by atoms with Crippen molar-refractivity contribution >= 4 is 23.9 Å². The molecule has 14 heteroatoms. The number of halogens is 6. The Bertz CT molecular complexity index is 1320. The first kappa shape index (κ1) is 22.6. The third-order valence-corrected chi connectivity index (χ3v) is 4.65. The van der Waals surface area contributed by atoms with Crippen molar-refractivity contribution in [2.24, 2.45) is 0 Å². The Balaban J connectivity index is 2.84. The van der Waals surface area contributed by atoms with E-state index >= 15 is 0 Å². The van der Waals surface area contributed by atoms with E-state index in [0.29, 0.717) is 0 Å². The van der Waals surface area contributed by atoms with Gasteiger partial charge < -0.3 is 20.4 Å². The molecule has 0 saturated heterocycles. The zero-order valence-electron chi connectivity index (χ0n) is 14.8. The van der Waals surface area contributed by atoms with E-state index in [4.69, 9.17) is 10.2 Å². The smallest absolute Gasteiger partial charge is 0.417 e. The molecule has 4 N–H and O–H groups in total. The number of hydrogen-bond donors (Lipinski definition) is 4. The van der Waals surface area contributed by atoms with Crippen LogP contribution in [0.15, 0.2) is 12.1 Å². The minimum atomic E-state index is -5.58. The molecule has 3 rings (SSSR count). The summed E-state index contributed by atoms with van der Waals surface area (Å²) in [6.07, 6.45) is -11.2. The van der Waals surface area contributed by atoms with Crippen LogP contribution in [0.5, 0.6) is 0 Å². The van der Waals surface area contributed by atoms with Gasteiger partial charge in [0.2, 0.25) is 0 Å². The molecule has 1 aliphatic carbocycles. The van der Waals surface area contributed by atoms with Crippen molar-refractivity contribution in [2.45, 2.75) is 12.4 Å². The third-order valence-electron chi connectivity index (χ3n) is 4.65. The number of carboxylic acids is 4. The van der Waals surface area contributed by atoms with E-state index in [1.54, 1.807) is 0 Å². The van der Waals surface area contributed by atoms with Gasteiger partial charge in [0.1, 0.15) is 0 Å². The van der Waals surface area contributed by atoms with Gasteiger partial charge in [-0.1, -0.05) is 0 Å². The summed E-state index contributed by atoms with van der Waals surface area (Å²) in [6, 6.07) is 0.500. The van der Waals surface area contributed by atoms with Crippen LogP contribution >= 0.6 is 0 Å². The molecule has 0 amide bonds. The Hall–Kier alpha value is -4.10. The molecule has 0 saturated carbocycles. The predicted molar refractivity (Wildman–Crippen MR) is 86.1 cm³/mol. The molecule has 2 aromatic rings. The highest BCUT2D eigenvalue weighted by Gasteiger charge is 2.44. The van der Waals surface area contributed by atoms with Crippen LogP contribution in [0.3, 0.4) is 0 Å². The average molecular weight is 464 g/mol. The fraction of sp³-hybridized carbons (Fsp3) is 0.111. The van der Waals surface area contributed by atoms with Gasteiger partial charge in [0.15, 0.2) is 0 Å². The molecule has 0 radical (unpaired) electrons. The molecule has 0 aromatic heterocycles. The lowest BCUT2D eigenvalue weighted by atomic mass is 9.85. The van der Waals surface area contributed by atoms with Gasteiger partial charge in [-0.05, 0) is 22.6 Å². The molecular weight excluding hydrogens is 458 g/mol. The molecular formula is C18H6F6O8. The second kappa shape index (κ2) is 6.70. The van der Waals surface area contributed by atoms with E-state index in [0.717, 1.165) is 0 Å². The van der Waals surface area contributed by atoms with Crippen LogP contribution < -0.4 is 0 Å². The van der Waals surface area contributed by atoms with Crippen molar-refractivity contribution in [3.05, 3.63) is 66.4 Å². The Morgan fingerprint density at radius 1 is 0.562 bits per heavy atom. The van der Waals surface area contributed by atoms with Gasteiger partial charge in [-0.3, -0.25) is 0 Å². The summed E-state index contributed by atoms with van der Waals surface area (Å²) in [5.41, 5.74) is -10.7. The van der Waals surface area contributed by atoms with E-state index in [-0.39, 0.29) is 12.1 Å². The summed E-state index contributed by atoms with van der Waals surface area (Å²) in [6.45, 7) is 0. The summed E-state index contributed by atoms with van der Waals surface area (Å²) < 4.78 is 82.4. The van der Waals surface area contributed by atoms with Crippen molar-refractivity contribution in [3.63, 3.8) is 0 Å². The highest BCUT2D eigenvalue weighted by molar-refractivity contribution is 6.04. The molecule has 2 aromatic carbocycles. The first-order valence-corrected chi connectivity index (χ1v) is 8.00. The zero-order valence-corrected chi connectivity index (χ0v) is 14.8. The molecule has 0 fully saturated rings. The van der Waals surface area contributed by atoms with Gasteiger partial charge in [0.25, 0.3) is 0 Å². The number of carboxylic acid groups (broad SMARTS) is 4. The Kier molecular flexibility index (Phi) is 4.73. The van der Waals surface area contributed by atoms with Crippen molar-refractivity contribution < 1.29 is 65.9 Å². The number of fused-ring (bicyclic) bond motifs is 2. The molecule has 0 aliphatic heterocycles. The van der Waals surface area contributed by atoms with E-state index in [1.807, 2.05) is 0 Å². The zero-order chi connectivity index (χ0) is 24.5. The van der Waals surface area contributed by atoms with Crippen LogP contribution in [0.25, 0.3) is 0 Å². The number of carbonyl (C=O) groups is 4. The van der Waals surface area contributed by atoms with Crippen LogP contribution in [-0.2, 0) is 12.4 Å². The highest BCUT2D eigenvalue weighted by atomic mass is 19.4. The first-order valence-electron chi connectivity index (χ1n) is 8.00. The third kappa shape index (κ3) is 3.11. The Morgan fingerprint density at radius 3 is 1.03 bits per heavy atom. The summed E-state index contributed by atoms with van der Waals surface area (Å²) in [7, 11) is 0. The number of hydrogen-bond acceptors (Lipinski definition) is 4. The molecule has 32 heavy (non-hydrogen) atoms. The van der Waals surface area contributed by atoms with Gasteiger partial charge in [-0.25, -0.2) is 19.2 Å². The van der Waals surface area contributed by atoms with Crippen molar-refractivity contribution in [2.75, 3.05) is 0 Å². The molecule has 0 heterocycles. The van der Waals surface area contributed by atoms with Crippen LogP contribution in [-0.4, -0.2) is 44.3 Å². The predicted octanol–water partition coefficient (Wildman–Crippen LogP) is 3.40. The first-order chi connectivity index (χ1) is 14.5. The fourth-order valence-electron chi connectivity index (χ4n) is 3.61. The molecule has 1 aliphatic rings. The van der Waals surface area contributed by atoms with Crippen LogP contribution in [0.4, 0.5) is 26.3 Å². The van der Waals surface area contributed by atoms with Crippen molar-refractivity contribution in [1.82, 2.24) is 0 Å².